The monoisotopic (exact) mass is 824 g/mol. The molecule has 0 rings (SSSR count). The Morgan fingerprint density at radius 2 is 0.915 bits per heavy atom. The first-order chi connectivity index (χ1) is 29.0. The number of carbonyl (C=O) groups excluding carboxylic acids is 2. The lowest BCUT2D eigenvalue weighted by Gasteiger charge is -2.24. The standard InChI is InChI=1S/C53H93NO5/c1-4-7-10-13-16-19-22-24-25-26-28-30-33-36-39-42-45-51(56)50(48-55)54-52(57)47-49(44-41-38-35-32-29-21-18-15-12-9-6-3)59-53(58)46-43-40-37-34-31-27-23-20-17-14-11-8-5-2/h8-9,11-12,14-15,17-18,20-21,23,29,49-51,55-56H,4-7,10,13,16,19,22,24-28,30-48H2,1-3H3,(H,54,57)/b11-8+,12-9+,17-14+,18-15+,23-20-,29-21-. The van der Waals surface area contributed by atoms with Crippen LogP contribution in [-0.2, 0) is 14.3 Å². The van der Waals surface area contributed by atoms with Crippen molar-refractivity contribution in [3.63, 3.8) is 0 Å². The molecular formula is C53H93NO5. The molecule has 6 nitrogen and oxygen atoms in total. The summed E-state index contributed by atoms with van der Waals surface area (Å²) in [6.07, 6.45) is 58.2. The molecule has 0 spiro atoms. The summed E-state index contributed by atoms with van der Waals surface area (Å²) in [5.74, 6) is -0.537. The minimum Gasteiger partial charge on any atom is -0.462 e. The van der Waals surface area contributed by atoms with Gasteiger partial charge in [0.2, 0.25) is 5.91 Å². The van der Waals surface area contributed by atoms with Crippen LogP contribution in [-0.4, -0.2) is 46.9 Å². The lowest BCUT2D eigenvalue weighted by molar-refractivity contribution is -0.151. The van der Waals surface area contributed by atoms with Crippen molar-refractivity contribution in [1.29, 1.82) is 0 Å². The minimum atomic E-state index is -0.803. The average Bonchev–Trinajstić information content (AvgIpc) is 3.23. The molecule has 340 valence electrons. The van der Waals surface area contributed by atoms with Gasteiger partial charge in [-0.1, -0.05) is 222 Å². The number of hydrogen-bond donors (Lipinski definition) is 3. The van der Waals surface area contributed by atoms with Gasteiger partial charge in [0.1, 0.15) is 6.10 Å². The number of unbranched alkanes of at least 4 members (excludes halogenated alkanes) is 23. The second-order valence-electron chi connectivity index (χ2n) is 16.6. The molecule has 0 aliphatic rings. The van der Waals surface area contributed by atoms with Crippen LogP contribution in [0.5, 0.6) is 0 Å². The third-order valence-electron chi connectivity index (χ3n) is 10.9. The van der Waals surface area contributed by atoms with Gasteiger partial charge in [-0.3, -0.25) is 9.59 Å². The van der Waals surface area contributed by atoms with Crippen molar-refractivity contribution < 1.29 is 24.5 Å². The Labute approximate surface area is 364 Å². The number of esters is 1. The first-order valence-corrected chi connectivity index (χ1v) is 24.7. The molecular weight excluding hydrogens is 731 g/mol. The van der Waals surface area contributed by atoms with Crippen LogP contribution in [0.2, 0.25) is 0 Å². The van der Waals surface area contributed by atoms with Crippen molar-refractivity contribution in [2.24, 2.45) is 0 Å². The Hall–Kier alpha value is -2.70. The molecule has 0 aliphatic carbocycles. The quantitative estimate of drug-likeness (QED) is 0.0323. The number of amides is 1. The van der Waals surface area contributed by atoms with E-state index in [0.717, 1.165) is 96.3 Å². The Kier molecular flexibility index (Phi) is 44.2. The van der Waals surface area contributed by atoms with Crippen LogP contribution in [0, 0.1) is 0 Å². The maximum absolute atomic E-state index is 13.2. The number of aliphatic hydroxyl groups excluding tert-OH is 2. The van der Waals surface area contributed by atoms with Crippen LogP contribution in [0.3, 0.4) is 0 Å². The van der Waals surface area contributed by atoms with E-state index >= 15 is 0 Å². The fourth-order valence-corrected chi connectivity index (χ4v) is 7.19. The van der Waals surface area contributed by atoms with Crippen LogP contribution >= 0.6 is 0 Å². The van der Waals surface area contributed by atoms with Gasteiger partial charge < -0.3 is 20.3 Å². The smallest absolute Gasteiger partial charge is 0.306 e. The van der Waals surface area contributed by atoms with Crippen LogP contribution < -0.4 is 5.32 Å². The van der Waals surface area contributed by atoms with Gasteiger partial charge in [0.05, 0.1) is 25.2 Å². The summed E-state index contributed by atoms with van der Waals surface area (Å²) < 4.78 is 5.88. The number of aliphatic hydroxyl groups is 2. The van der Waals surface area contributed by atoms with Crippen LogP contribution in [0.1, 0.15) is 226 Å². The fourth-order valence-electron chi connectivity index (χ4n) is 7.19. The topological polar surface area (TPSA) is 95.9 Å². The van der Waals surface area contributed by atoms with E-state index in [-0.39, 0.29) is 24.9 Å². The number of hydrogen-bond acceptors (Lipinski definition) is 5. The van der Waals surface area contributed by atoms with Gasteiger partial charge in [-0.25, -0.2) is 0 Å². The maximum atomic E-state index is 13.2. The molecule has 3 atom stereocenters. The molecule has 1 amide bonds. The van der Waals surface area contributed by atoms with Crippen molar-refractivity contribution >= 4 is 11.9 Å². The average molecular weight is 824 g/mol. The molecule has 0 saturated heterocycles. The summed E-state index contributed by atoms with van der Waals surface area (Å²) in [4.78, 5) is 26.0. The Morgan fingerprint density at radius 1 is 0.508 bits per heavy atom. The fraction of sp³-hybridized carbons (Fsp3) is 0.736. The lowest BCUT2D eigenvalue weighted by Crippen LogP contribution is -2.46. The van der Waals surface area contributed by atoms with Crippen molar-refractivity contribution in [3.05, 3.63) is 72.9 Å². The molecule has 3 unspecified atom stereocenters. The molecule has 6 heteroatoms. The predicted octanol–water partition coefficient (Wildman–Crippen LogP) is 14.6. The molecule has 0 aromatic heterocycles. The molecule has 0 radical (unpaired) electrons. The maximum Gasteiger partial charge on any atom is 0.306 e. The second kappa shape index (κ2) is 46.4. The van der Waals surface area contributed by atoms with E-state index < -0.39 is 18.2 Å². The normalized spacial score (nSPS) is 13.9. The van der Waals surface area contributed by atoms with Crippen molar-refractivity contribution in [2.75, 3.05) is 6.61 Å². The number of rotatable bonds is 43. The van der Waals surface area contributed by atoms with E-state index in [9.17, 15) is 19.8 Å². The van der Waals surface area contributed by atoms with E-state index in [1.165, 1.54) is 83.5 Å². The van der Waals surface area contributed by atoms with Crippen molar-refractivity contribution in [2.45, 2.75) is 244 Å². The third-order valence-corrected chi connectivity index (χ3v) is 10.9. The third kappa shape index (κ3) is 41.8. The molecule has 0 aromatic rings. The van der Waals surface area contributed by atoms with Gasteiger partial charge in [-0.05, 0) is 64.2 Å². The first kappa shape index (κ1) is 56.3. The summed E-state index contributed by atoms with van der Waals surface area (Å²) in [6.45, 7) is 6.20. The van der Waals surface area contributed by atoms with Gasteiger partial charge in [0.15, 0.2) is 0 Å². The summed E-state index contributed by atoms with van der Waals surface area (Å²) in [5.41, 5.74) is 0. The number of nitrogens with one attached hydrogen (secondary N) is 1. The van der Waals surface area contributed by atoms with E-state index in [4.69, 9.17) is 4.74 Å². The zero-order valence-electron chi connectivity index (χ0n) is 38.6. The summed E-state index contributed by atoms with van der Waals surface area (Å²) >= 11 is 0. The van der Waals surface area contributed by atoms with E-state index in [0.29, 0.717) is 19.3 Å². The van der Waals surface area contributed by atoms with E-state index in [1.807, 2.05) is 12.2 Å². The largest absolute Gasteiger partial charge is 0.462 e. The highest BCUT2D eigenvalue weighted by atomic mass is 16.5. The molecule has 0 heterocycles. The number of allylic oxidation sites excluding steroid dienone is 12. The number of carbonyl (C=O) groups is 2. The molecule has 0 saturated carbocycles. The first-order valence-electron chi connectivity index (χ1n) is 24.7. The van der Waals surface area contributed by atoms with Crippen LogP contribution in [0.4, 0.5) is 0 Å². The SMILES string of the molecule is CC/C=C/C=C/C=C\CCCCCCCC(=O)OC(CCCCC\C=C/C=C/C=C/CC)CC(=O)NC(CO)C(O)CCCCCCCCCCCCCCCCCC. The summed E-state index contributed by atoms with van der Waals surface area (Å²) in [7, 11) is 0. The van der Waals surface area contributed by atoms with Gasteiger partial charge in [-0.15, -0.1) is 0 Å². The summed E-state index contributed by atoms with van der Waals surface area (Å²) in [6, 6.07) is -0.719. The molecule has 0 bridgehead atoms. The van der Waals surface area contributed by atoms with Crippen molar-refractivity contribution in [1.82, 2.24) is 5.32 Å². The van der Waals surface area contributed by atoms with Crippen molar-refractivity contribution in [3.8, 4) is 0 Å². The highest BCUT2D eigenvalue weighted by Crippen LogP contribution is 2.17. The lowest BCUT2D eigenvalue weighted by atomic mass is 10.0. The highest BCUT2D eigenvalue weighted by molar-refractivity contribution is 5.77. The van der Waals surface area contributed by atoms with E-state index in [2.05, 4.69) is 86.8 Å². The molecule has 3 N–H and O–H groups in total. The zero-order valence-corrected chi connectivity index (χ0v) is 38.6. The molecule has 0 aromatic carbocycles. The molecule has 59 heavy (non-hydrogen) atoms. The zero-order chi connectivity index (χ0) is 43.1. The van der Waals surface area contributed by atoms with E-state index in [1.54, 1.807) is 0 Å². The second-order valence-corrected chi connectivity index (χ2v) is 16.6. The minimum absolute atomic E-state index is 0.0432. The Morgan fingerprint density at radius 3 is 1.39 bits per heavy atom. The van der Waals surface area contributed by atoms with Gasteiger partial charge in [-0.2, -0.15) is 0 Å². The molecule has 0 aliphatic heterocycles. The van der Waals surface area contributed by atoms with Gasteiger partial charge >= 0.3 is 5.97 Å². The Bertz CT molecular complexity index is 1110. The highest BCUT2D eigenvalue weighted by Gasteiger charge is 2.24. The summed E-state index contributed by atoms with van der Waals surface area (Å²) in [5, 5.41) is 23.7. The van der Waals surface area contributed by atoms with Crippen LogP contribution in [0.15, 0.2) is 72.9 Å². The number of ether oxygens (including phenoxy) is 1. The van der Waals surface area contributed by atoms with Gasteiger partial charge in [0.25, 0.3) is 0 Å². The molecule has 0 fully saturated rings. The van der Waals surface area contributed by atoms with Gasteiger partial charge in [0, 0.05) is 6.42 Å². The van der Waals surface area contributed by atoms with Crippen LogP contribution in [0.25, 0.3) is 0 Å². The Balaban J connectivity index is 4.57. The predicted molar refractivity (Wildman–Crippen MR) is 255 cm³/mol.